The molecule has 24 atom stereocenters. The van der Waals surface area contributed by atoms with E-state index in [1.165, 1.54) is 38.5 Å². The number of piperidine rings is 1. The number of guanidine groups is 1. The Morgan fingerprint density at radius 3 is 2.46 bits per heavy atom. The first-order chi connectivity index (χ1) is 42.9. The Labute approximate surface area is 538 Å². The Bertz CT molecular complexity index is 3030. The standard InChI is InChI=1S/C73H109N7O7S2/c1-40(82)79-66(74)78-36-49-51-19-18-46-45-14-8-15-47-57(45)59-63(48-29-41-16-17-42-13-9-21-69(42,32-41)60(47)48)67(2,3)33-44(80-28-27-77-39-80)37-88-89-72(22-10-20-68(72)23-25-76-26-24-68)56-31-52(58(46)65(59)86)71(51,38-81)73(56,87)53-30-54(83)62-50(35-75-4)64(85)55(84)34-70(62,61(49)53)43-11-6-5-7-12-43/h27-28,30,39-46,49-52,55-56,58-62,64-65,75-76,81-82,84-87H,5-26,29,31-38H2,1-4H3,(H3,74,78,79). The van der Waals surface area contributed by atoms with E-state index >= 15 is 15.0 Å². The van der Waals surface area contributed by atoms with Crippen LogP contribution in [0.5, 0.6) is 0 Å². The van der Waals surface area contributed by atoms with Crippen LogP contribution in [0, 0.1) is 116 Å². The second-order valence-electron chi connectivity index (χ2n) is 33.8. The van der Waals surface area contributed by atoms with Crippen molar-refractivity contribution in [2.24, 2.45) is 127 Å². The van der Waals surface area contributed by atoms with Crippen LogP contribution in [0.25, 0.3) is 0 Å². The molecule has 2 aliphatic heterocycles. The van der Waals surface area contributed by atoms with Crippen molar-refractivity contribution in [2.45, 2.75) is 222 Å². The molecule has 1 aromatic rings. The third-order valence-corrected chi connectivity index (χ3v) is 34.0. The van der Waals surface area contributed by atoms with Crippen molar-refractivity contribution >= 4 is 33.3 Å². The summed E-state index contributed by atoms with van der Waals surface area (Å²) in [5.41, 5.74) is 10.4. The highest BCUT2D eigenvalue weighted by Crippen LogP contribution is 2.83. The summed E-state index contributed by atoms with van der Waals surface area (Å²) < 4.78 is 1.93. The first-order valence-electron chi connectivity index (χ1n) is 36.4. The maximum absolute atomic E-state index is 16.6. The van der Waals surface area contributed by atoms with Crippen LogP contribution >= 0.6 is 21.6 Å². The lowest BCUT2D eigenvalue weighted by atomic mass is 9.35. The van der Waals surface area contributed by atoms with E-state index in [1.54, 1.807) is 29.2 Å². The molecule has 14 nitrogen and oxygen atoms in total. The van der Waals surface area contributed by atoms with Gasteiger partial charge in [-0.25, -0.2) is 4.98 Å². The Morgan fingerprint density at radius 2 is 1.70 bits per heavy atom. The van der Waals surface area contributed by atoms with E-state index in [0.29, 0.717) is 24.8 Å². The second kappa shape index (κ2) is 22.4. The number of aliphatic imine (C=N–C) groups is 1. The number of carbonyl (C=O) groups is 1. The minimum Gasteiger partial charge on any atom is -0.396 e. The van der Waals surface area contributed by atoms with E-state index in [-0.39, 0.29) is 107 Å². The van der Waals surface area contributed by atoms with Crippen LogP contribution in [0.1, 0.15) is 187 Å². The number of aliphatic hydroxyl groups excluding tert-OH is 5. The van der Waals surface area contributed by atoms with Crippen molar-refractivity contribution in [2.75, 3.05) is 45.6 Å². The summed E-state index contributed by atoms with van der Waals surface area (Å²) in [7, 11) is 6.01. The molecule has 10 saturated carbocycles. The molecule has 490 valence electrons. The van der Waals surface area contributed by atoms with Gasteiger partial charge in [0.05, 0.1) is 36.8 Å². The van der Waals surface area contributed by atoms with Gasteiger partial charge < -0.3 is 56.9 Å². The lowest BCUT2D eigenvalue weighted by molar-refractivity contribution is -0.233. The zero-order valence-corrected chi connectivity index (χ0v) is 55.7. The van der Waals surface area contributed by atoms with Crippen molar-refractivity contribution in [3.8, 4) is 0 Å². The maximum atomic E-state index is 16.6. The van der Waals surface area contributed by atoms with Crippen LogP contribution in [0.15, 0.2) is 57.7 Å². The lowest BCUT2D eigenvalue weighted by Gasteiger charge is -2.70. The second-order valence-corrected chi connectivity index (χ2v) is 36.4. The molecule has 1 aromatic heterocycles. The van der Waals surface area contributed by atoms with Gasteiger partial charge in [0.25, 0.3) is 0 Å². The van der Waals surface area contributed by atoms with Gasteiger partial charge in [0.2, 0.25) is 0 Å². The molecule has 16 heteroatoms. The summed E-state index contributed by atoms with van der Waals surface area (Å²) in [4.78, 5) is 26.7. The highest BCUT2D eigenvalue weighted by Gasteiger charge is 2.83. The third-order valence-electron chi connectivity index (χ3n) is 30.5. The smallest absolute Gasteiger partial charge is 0.190 e. The zero-order valence-electron chi connectivity index (χ0n) is 54.1. The van der Waals surface area contributed by atoms with E-state index in [1.807, 2.05) is 30.1 Å². The number of fused-ring (bicyclic) bond motifs is 12. The van der Waals surface area contributed by atoms with Crippen LogP contribution in [0.3, 0.4) is 0 Å². The molecule has 11 N–H and O–H groups in total. The molecule has 6 bridgehead atoms. The minimum absolute atomic E-state index is 0.0196. The number of nitrogens with one attached hydrogen (secondary N) is 3. The van der Waals surface area contributed by atoms with Gasteiger partial charge in [-0.2, -0.15) is 0 Å². The number of hydrogen-bond donors (Lipinski definition) is 10. The number of aromatic nitrogens is 2. The fourth-order valence-electron chi connectivity index (χ4n) is 28.3. The Hall–Kier alpha value is -2.25. The molecule has 12 fully saturated rings. The Kier molecular flexibility index (Phi) is 15.5. The molecule has 0 aromatic carbocycles. The summed E-state index contributed by atoms with van der Waals surface area (Å²) in [6, 6.07) is 0.115. The molecule has 2 saturated heterocycles. The molecule has 0 amide bonds. The van der Waals surface area contributed by atoms with E-state index in [4.69, 9.17) is 15.7 Å². The zero-order chi connectivity index (χ0) is 61.4. The van der Waals surface area contributed by atoms with E-state index < -0.39 is 63.5 Å². The Morgan fingerprint density at radius 1 is 0.888 bits per heavy atom. The average Bonchev–Trinajstić information content (AvgIpc) is 1.56. The first kappa shape index (κ1) is 61.6. The number of allylic oxidation sites excluding steroid dienone is 3. The summed E-state index contributed by atoms with van der Waals surface area (Å²) >= 11 is 0. The number of carbonyl (C=O) groups excluding carboxylic acids is 1. The fourth-order valence-corrected chi connectivity index (χ4v) is 32.6. The number of ketones is 1. The average molecular weight is 1260 g/mol. The van der Waals surface area contributed by atoms with Crippen LogP contribution in [0.2, 0.25) is 0 Å². The van der Waals surface area contributed by atoms with Gasteiger partial charge in [-0.15, -0.1) is 0 Å². The minimum atomic E-state index is -1.70. The van der Waals surface area contributed by atoms with Gasteiger partial charge in [-0.3, -0.25) is 9.79 Å². The molecular formula is C73H109N7O7S2. The molecule has 24 unspecified atom stereocenters. The molecule has 15 aliphatic rings. The molecule has 89 heavy (non-hydrogen) atoms. The number of nitrogens with zero attached hydrogens (tertiary/aromatic N) is 3. The SMILES string of the molecule is CNCC1C(O)C(O)CC2(C3CCCCC3)C1C(=O)C=C1C2C(CN=C(N)NC(C)O)C2CCC3C4CCCC5=C4C4C(=C6CC7CCC8CCCC8(C7)C56)C(C)(C)CC(n5ccnc5)CSSC5(CCCC56CCNCC6)C5CC(C3C4O)C2(CO)C15O. The van der Waals surface area contributed by atoms with Gasteiger partial charge in [0, 0.05) is 77.0 Å². The van der Waals surface area contributed by atoms with Gasteiger partial charge >= 0.3 is 0 Å². The largest absolute Gasteiger partial charge is 0.396 e. The molecule has 13 aliphatic carbocycles. The molecule has 3 heterocycles. The summed E-state index contributed by atoms with van der Waals surface area (Å²) in [6.07, 6.45) is 30.1. The van der Waals surface area contributed by atoms with E-state index in [9.17, 15) is 20.4 Å². The molecular weight excluding hydrogens is 1150 g/mol. The van der Waals surface area contributed by atoms with Crippen LogP contribution < -0.4 is 21.7 Å². The third kappa shape index (κ3) is 8.45. The number of rotatable bonds is 8. The van der Waals surface area contributed by atoms with Crippen molar-refractivity contribution in [3.05, 3.63) is 52.7 Å². The van der Waals surface area contributed by atoms with Gasteiger partial charge in [0.1, 0.15) is 6.23 Å². The lowest BCUT2D eigenvalue weighted by Crippen LogP contribution is -2.74. The highest BCUT2D eigenvalue weighted by molar-refractivity contribution is 8.77. The highest BCUT2D eigenvalue weighted by atomic mass is 33.1. The van der Waals surface area contributed by atoms with Gasteiger partial charge in [-0.1, -0.05) is 89.8 Å². The molecule has 3 spiro atoms. The first-order valence-corrected chi connectivity index (χ1v) is 38.7. The van der Waals surface area contributed by atoms with Gasteiger partial charge in [-0.05, 0) is 248 Å². The van der Waals surface area contributed by atoms with Crippen LogP contribution in [-0.4, -0.2) is 132 Å². The predicted octanol–water partition coefficient (Wildman–Crippen LogP) is 9.66. The summed E-state index contributed by atoms with van der Waals surface area (Å²) in [5.74, 6) is -0.166. The molecule has 16 rings (SSSR count). The van der Waals surface area contributed by atoms with Crippen molar-refractivity contribution in [1.29, 1.82) is 0 Å². The molecule has 0 radical (unpaired) electrons. The fraction of sp³-hybridized carbons (Fsp3) is 0.849. The number of imidazole rings is 1. The van der Waals surface area contributed by atoms with Crippen molar-refractivity contribution in [3.63, 3.8) is 0 Å². The van der Waals surface area contributed by atoms with Crippen LogP contribution in [-0.2, 0) is 4.79 Å². The van der Waals surface area contributed by atoms with E-state index in [2.05, 4.69) is 57.7 Å². The van der Waals surface area contributed by atoms with Crippen molar-refractivity contribution < 1.29 is 35.4 Å². The van der Waals surface area contributed by atoms with Gasteiger partial charge in [0.15, 0.2) is 11.7 Å². The summed E-state index contributed by atoms with van der Waals surface area (Å²) in [6.45, 7) is 8.94. The number of aliphatic hydroxyl groups is 6. The normalized spacial score (nSPS) is 49.1. The number of hydrogen-bond acceptors (Lipinski definition) is 13. The topological polar surface area (TPSA) is 231 Å². The maximum Gasteiger partial charge on any atom is 0.190 e. The van der Waals surface area contributed by atoms with Crippen LogP contribution in [0.4, 0.5) is 0 Å². The monoisotopic (exact) mass is 1260 g/mol. The van der Waals surface area contributed by atoms with E-state index in [0.717, 1.165) is 139 Å². The predicted molar refractivity (Wildman–Crippen MR) is 351 cm³/mol. The quantitative estimate of drug-likeness (QED) is 0.0384. The van der Waals surface area contributed by atoms with Crippen molar-refractivity contribution in [1.82, 2.24) is 25.5 Å². The summed E-state index contributed by atoms with van der Waals surface area (Å²) in [5, 5.41) is 91.7. The number of nitrogens with two attached hydrogens (primary N) is 1. The Balaban J connectivity index is 0.988.